The van der Waals surface area contributed by atoms with Crippen molar-refractivity contribution >= 4 is 23.1 Å². The average molecular weight is 497 g/mol. The third-order valence-corrected chi connectivity index (χ3v) is 8.20. The number of nitrogens with one attached hydrogen (secondary N) is 1. The van der Waals surface area contributed by atoms with Crippen molar-refractivity contribution in [3.05, 3.63) is 52.2 Å². The number of anilines is 1. The van der Waals surface area contributed by atoms with Crippen LogP contribution in [0, 0.1) is 0 Å². The summed E-state index contributed by atoms with van der Waals surface area (Å²) in [5, 5.41) is 4.34. The molecule has 4 heterocycles. The molecule has 1 atom stereocenters. The first-order valence-corrected chi connectivity index (χ1v) is 12.7. The Morgan fingerprint density at radius 3 is 2.51 bits per heavy atom. The molecule has 9 heteroatoms. The maximum atomic E-state index is 13.8. The molecular formula is C26H32N4O4S. The molecule has 0 spiro atoms. The molecule has 2 aliphatic heterocycles. The van der Waals surface area contributed by atoms with Gasteiger partial charge >= 0.3 is 6.03 Å². The van der Waals surface area contributed by atoms with Crippen LogP contribution in [0.5, 0.6) is 17.2 Å². The summed E-state index contributed by atoms with van der Waals surface area (Å²) in [7, 11) is 6.86. The number of carbonyl (C=O) groups excluding carboxylic acids is 1. The minimum absolute atomic E-state index is 0.0476. The highest BCUT2D eigenvalue weighted by Crippen LogP contribution is 2.43. The minimum atomic E-state index is -0.153. The van der Waals surface area contributed by atoms with Crippen LogP contribution in [0.2, 0.25) is 0 Å². The molecule has 5 rings (SSSR count). The van der Waals surface area contributed by atoms with Gasteiger partial charge in [-0.05, 0) is 37.6 Å². The van der Waals surface area contributed by atoms with E-state index in [0.717, 1.165) is 31.6 Å². The van der Waals surface area contributed by atoms with Crippen LogP contribution in [-0.2, 0) is 19.5 Å². The molecule has 0 saturated heterocycles. The molecule has 0 saturated carbocycles. The van der Waals surface area contributed by atoms with Crippen molar-refractivity contribution < 1.29 is 19.0 Å². The number of urea groups is 1. The lowest BCUT2D eigenvalue weighted by molar-refractivity contribution is 0.181. The van der Waals surface area contributed by atoms with E-state index in [2.05, 4.69) is 47.1 Å². The van der Waals surface area contributed by atoms with Crippen LogP contribution in [0.25, 0.3) is 5.00 Å². The quantitative estimate of drug-likeness (QED) is 0.535. The molecule has 0 radical (unpaired) electrons. The van der Waals surface area contributed by atoms with Gasteiger partial charge in [-0.25, -0.2) is 4.79 Å². The van der Waals surface area contributed by atoms with Gasteiger partial charge in [0.1, 0.15) is 5.00 Å². The molecule has 1 aromatic carbocycles. The lowest BCUT2D eigenvalue weighted by Crippen LogP contribution is -2.37. The number of likely N-dealkylation sites (N-methyl/N-ethyl adjacent to an activating group) is 1. The van der Waals surface area contributed by atoms with Crippen molar-refractivity contribution in [1.29, 1.82) is 0 Å². The molecule has 0 fully saturated rings. The molecule has 1 N–H and O–H groups in total. The van der Waals surface area contributed by atoms with Gasteiger partial charge in [-0.1, -0.05) is 6.92 Å². The molecule has 2 amide bonds. The molecule has 3 aromatic rings. The highest BCUT2D eigenvalue weighted by Gasteiger charge is 2.35. The molecule has 8 nitrogen and oxygen atoms in total. The summed E-state index contributed by atoms with van der Waals surface area (Å²) in [4.78, 5) is 19.5. The number of carbonyl (C=O) groups is 1. The number of thiophene rings is 1. The second-order valence-corrected chi connectivity index (χ2v) is 10.1. The van der Waals surface area contributed by atoms with Gasteiger partial charge in [0, 0.05) is 47.6 Å². The normalized spacial score (nSPS) is 17.2. The zero-order chi connectivity index (χ0) is 24.7. The zero-order valence-electron chi connectivity index (χ0n) is 20.9. The van der Waals surface area contributed by atoms with Gasteiger partial charge in [-0.2, -0.15) is 0 Å². The number of hydrogen-bond acceptors (Lipinski definition) is 6. The van der Waals surface area contributed by atoms with E-state index in [0.29, 0.717) is 29.5 Å². The summed E-state index contributed by atoms with van der Waals surface area (Å²) in [6.07, 6.45) is 3.95. The first-order chi connectivity index (χ1) is 17.0. The Bertz CT molecular complexity index is 1230. The fourth-order valence-corrected chi connectivity index (χ4v) is 6.66. The summed E-state index contributed by atoms with van der Waals surface area (Å²) < 4.78 is 18.7. The number of hydrogen-bond donors (Lipinski definition) is 1. The number of benzene rings is 1. The van der Waals surface area contributed by atoms with Crippen LogP contribution >= 0.6 is 11.3 Å². The number of ether oxygens (including phenoxy) is 3. The largest absolute Gasteiger partial charge is 0.493 e. The van der Waals surface area contributed by atoms with Gasteiger partial charge in [0.15, 0.2) is 11.5 Å². The first kappa shape index (κ1) is 23.6. The van der Waals surface area contributed by atoms with Crippen molar-refractivity contribution in [2.24, 2.45) is 0 Å². The number of fused-ring (bicyclic) bond motifs is 5. The number of aromatic nitrogens is 1. The predicted molar refractivity (Wildman–Crippen MR) is 137 cm³/mol. The maximum absolute atomic E-state index is 13.8. The second-order valence-electron chi connectivity index (χ2n) is 8.97. The van der Waals surface area contributed by atoms with Crippen molar-refractivity contribution in [1.82, 2.24) is 14.4 Å². The number of amides is 2. The van der Waals surface area contributed by atoms with Crippen molar-refractivity contribution in [3.8, 4) is 22.2 Å². The Balaban J connectivity index is 1.53. The fraction of sp³-hybridized carbons (Fsp3) is 0.423. The van der Waals surface area contributed by atoms with E-state index in [-0.39, 0.29) is 12.1 Å². The third-order valence-electron chi connectivity index (χ3n) is 6.94. The van der Waals surface area contributed by atoms with Crippen molar-refractivity contribution in [3.63, 3.8) is 0 Å². The Labute approximate surface area is 210 Å². The summed E-state index contributed by atoms with van der Waals surface area (Å²) in [6.45, 7) is 4.69. The Morgan fingerprint density at radius 2 is 1.86 bits per heavy atom. The van der Waals surface area contributed by atoms with Gasteiger partial charge in [0.25, 0.3) is 0 Å². The van der Waals surface area contributed by atoms with Gasteiger partial charge < -0.3 is 33.9 Å². The van der Waals surface area contributed by atoms with Crippen LogP contribution < -0.4 is 19.5 Å². The highest BCUT2D eigenvalue weighted by molar-refractivity contribution is 7.15. The van der Waals surface area contributed by atoms with Crippen molar-refractivity contribution in [2.45, 2.75) is 38.9 Å². The first-order valence-electron chi connectivity index (χ1n) is 11.9. The van der Waals surface area contributed by atoms with Crippen molar-refractivity contribution in [2.75, 3.05) is 40.2 Å². The maximum Gasteiger partial charge on any atom is 0.322 e. The average Bonchev–Trinajstić information content (AvgIpc) is 3.44. The SMILES string of the molecule is CC[C@H]1c2cccn2-c2sc3c(c2CN1C(=O)Nc1cc(OC)c(OC)c(OC)c1)CCN(C)C3. The molecule has 0 unspecified atom stereocenters. The predicted octanol–water partition coefficient (Wildman–Crippen LogP) is 5.05. The molecule has 35 heavy (non-hydrogen) atoms. The zero-order valence-corrected chi connectivity index (χ0v) is 21.7. The standard InChI is InChI=1S/C26H32N4O4S/c1-6-19-20-8-7-10-29(20)25-18(17-9-11-28(2)15-23(17)35-25)14-30(19)26(31)27-16-12-21(32-3)24(34-5)22(13-16)33-4/h7-8,10,12-13,19H,6,9,11,14-15H2,1-5H3,(H,27,31)/t19-/m0/s1. The molecule has 186 valence electrons. The smallest absolute Gasteiger partial charge is 0.322 e. The molecule has 0 bridgehead atoms. The van der Waals surface area contributed by atoms with Crippen LogP contribution in [-0.4, -0.2) is 55.3 Å². The Kier molecular flexibility index (Phi) is 6.37. The van der Waals surface area contributed by atoms with E-state index >= 15 is 0 Å². The van der Waals surface area contributed by atoms with E-state index in [1.807, 2.05) is 16.2 Å². The van der Waals surface area contributed by atoms with Gasteiger partial charge in [0.2, 0.25) is 5.75 Å². The van der Waals surface area contributed by atoms with E-state index in [1.54, 1.807) is 33.5 Å². The fourth-order valence-electron chi connectivity index (χ4n) is 5.22. The number of nitrogens with zero attached hydrogens (tertiary/aromatic N) is 3. The monoisotopic (exact) mass is 496 g/mol. The van der Waals surface area contributed by atoms with Gasteiger partial charge in [0.05, 0.1) is 39.6 Å². The Hall–Kier alpha value is -3.17. The second kappa shape index (κ2) is 9.47. The van der Waals surface area contributed by atoms with Crippen LogP contribution in [0.3, 0.4) is 0 Å². The summed E-state index contributed by atoms with van der Waals surface area (Å²) in [5.41, 5.74) is 4.41. The summed E-state index contributed by atoms with van der Waals surface area (Å²) in [5.74, 6) is 1.49. The number of methoxy groups -OCH3 is 3. The van der Waals surface area contributed by atoms with Crippen LogP contribution in [0.4, 0.5) is 10.5 Å². The van der Waals surface area contributed by atoms with E-state index in [1.165, 1.54) is 21.0 Å². The lowest BCUT2D eigenvalue weighted by atomic mass is 10.0. The van der Waals surface area contributed by atoms with E-state index < -0.39 is 0 Å². The molecule has 2 aliphatic rings. The molecular weight excluding hydrogens is 464 g/mol. The third kappa shape index (κ3) is 4.02. The van der Waals surface area contributed by atoms with Crippen LogP contribution in [0.1, 0.15) is 41.1 Å². The summed E-state index contributed by atoms with van der Waals surface area (Å²) >= 11 is 1.86. The highest BCUT2D eigenvalue weighted by atomic mass is 32.1. The van der Waals surface area contributed by atoms with E-state index in [4.69, 9.17) is 14.2 Å². The number of rotatable bonds is 5. The minimum Gasteiger partial charge on any atom is -0.493 e. The van der Waals surface area contributed by atoms with E-state index in [9.17, 15) is 4.79 Å². The lowest BCUT2D eigenvalue weighted by Gasteiger charge is -2.31. The Morgan fingerprint density at radius 1 is 1.11 bits per heavy atom. The molecule has 0 aliphatic carbocycles. The molecule has 2 aromatic heterocycles. The van der Waals surface area contributed by atoms with Crippen LogP contribution in [0.15, 0.2) is 30.5 Å². The summed E-state index contributed by atoms with van der Waals surface area (Å²) in [6, 6.07) is 7.53. The topological polar surface area (TPSA) is 68.2 Å². The van der Waals surface area contributed by atoms with Gasteiger partial charge in [-0.15, -0.1) is 11.3 Å². The van der Waals surface area contributed by atoms with Gasteiger partial charge in [-0.3, -0.25) is 0 Å².